The molecule has 1 rings (SSSR count). The molecule has 52 valence electrons. The van der Waals surface area contributed by atoms with Crippen LogP contribution in [0.3, 0.4) is 0 Å². The van der Waals surface area contributed by atoms with Crippen LogP contribution >= 0.6 is 11.8 Å². The molecule has 0 aromatic carbocycles. The molecule has 0 saturated carbocycles. The highest BCUT2D eigenvalue weighted by atomic mass is 32.2. The second-order valence-electron chi connectivity index (χ2n) is 2.23. The Morgan fingerprint density at radius 1 is 1.89 bits per heavy atom. The van der Waals surface area contributed by atoms with Crippen molar-refractivity contribution in [1.82, 2.24) is 0 Å². The number of thioether (sulfide) groups is 1. The van der Waals surface area contributed by atoms with Crippen LogP contribution in [0.5, 0.6) is 0 Å². The van der Waals surface area contributed by atoms with Gasteiger partial charge in [0.05, 0.1) is 6.10 Å². The Balaban J connectivity index is 2.21. The first-order valence-corrected chi connectivity index (χ1v) is 4.25. The Labute approximate surface area is 60.5 Å². The summed E-state index contributed by atoms with van der Waals surface area (Å²) in [6.45, 7) is 5.76. The molecule has 2 heteroatoms. The fourth-order valence-electron chi connectivity index (χ4n) is 0.840. The van der Waals surface area contributed by atoms with E-state index in [1.807, 2.05) is 17.8 Å². The van der Waals surface area contributed by atoms with Gasteiger partial charge in [0.2, 0.25) is 0 Å². The van der Waals surface area contributed by atoms with E-state index in [0.717, 1.165) is 12.2 Å². The van der Waals surface area contributed by atoms with Crippen LogP contribution in [0.15, 0.2) is 12.7 Å². The number of rotatable bonds is 2. The highest BCUT2D eigenvalue weighted by Gasteiger charge is 2.20. The molecular weight excluding hydrogens is 132 g/mol. The van der Waals surface area contributed by atoms with Crippen molar-refractivity contribution in [1.29, 1.82) is 0 Å². The molecule has 1 fully saturated rings. The van der Waals surface area contributed by atoms with E-state index in [-0.39, 0.29) is 0 Å². The summed E-state index contributed by atoms with van der Waals surface area (Å²) >= 11 is 1.88. The van der Waals surface area contributed by atoms with Gasteiger partial charge in [-0.2, -0.15) is 0 Å². The van der Waals surface area contributed by atoms with E-state index in [0.29, 0.717) is 11.5 Å². The third-order valence-electron chi connectivity index (χ3n) is 1.26. The largest absolute Gasteiger partial charge is 0.363 e. The number of ether oxygens (including phenoxy) is 1. The van der Waals surface area contributed by atoms with Gasteiger partial charge in [0.15, 0.2) is 0 Å². The summed E-state index contributed by atoms with van der Waals surface area (Å²) in [6, 6.07) is 0. The van der Waals surface area contributed by atoms with E-state index in [2.05, 4.69) is 13.5 Å². The highest BCUT2D eigenvalue weighted by Crippen LogP contribution is 2.26. The van der Waals surface area contributed by atoms with Crippen LogP contribution in [-0.4, -0.2) is 17.3 Å². The zero-order valence-electron chi connectivity index (χ0n) is 5.67. The maximum absolute atomic E-state index is 5.49. The molecule has 0 spiro atoms. The fourth-order valence-corrected chi connectivity index (χ4v) is 1.94. The van der Waals surface area contributed by atoms with Gasteiger partial charge in [-0.15, -0.1) is 18.3 Å². The van der Waals surface area contributed by atoms with Gasteiger partial charge in [0, 0.05) is 12.2 Å². The van der Waals surface area contributed by atoms with Crippen LogP contribution in [-0.2, 0) is 4.74 Å². The molecule has 0 radical (unpaired) electrons. The molecule has 0 aliphatic carbocycles. The summed E-state index contributed by atoms with van der Waals surface area (Å²) < 4.78 is 5.49. The molecule has 2 unspecified atom stereocenters. The van der Waals surface area contributed by atoms with Gasteiger partial charge in [-0.3, -0.25) is 0 Å². The lowest BCUT2D eigenvalue weighted by molar-refractivity contribution is 0.0806. The first kappa shape index (κ1) is 7.16. The van der Waals surface area contributed by atoms with Crippen LogP contribution in [0.25, 0.3) is 0 Å². The second-order valence-corrected chi connectivity index (χ2v) is 3.43. The summed E-state index contributed by atoms with van der Waals surface area (Å²) in [6.07, 6.45) is 3.34. The van der Waals surface area contributed by atoms with E-state index in [9.17, 15) is 0 Å². The molecule has 9 heavy (non-hydrogen) atoms. The van der Waals surface area contributed by atoms with Gasteiger partial charge in [-0.1, -0.05) is 6.08 Å². The molecule has 1 nitrogen and oxygen atoms in total. The van der Waals surface area contributed by atoms with E-state index in [1.54, 1.807) is 0 Å². The van der Waals surface area contributed by atoms with Crippen LogP contribution in [0, 0.1) is 0 Å². The third kappa shape index (κ3) is 2.03. The molecular formula is C7H12OS. The zero-order valence-corrected chi connectivity index (χ0v) is 6.49. The molecule has 2 atom stereocenters. The lowest BCUT2D eigenvalue weighted by Gasteiger charge is -2.05. The summed E-state index contributed by atoms with van der Waals surface area (Å²) in [5.74, 6) is 1.14. The van der Waals surface area contributed by atoms with E-state index in [1.165, 1.54) is 0 Å². The maximum Gasteiger partial charge on any atom is 0.107 e. The van der Waals surface area contributed by atoms with Crippen molar-refractivity contribution in [3.05, 3.63) is 12.7 Å². The fraction of sp³-hybridized carbons (Fsp3) is 0.714. The summed E-state index contributed by atoms with van der Waals surface area (Å²) in [4.78, 5) is 0. The van der Waals surface area contributed by atoms with Crippen LogP contribution in [0.2, 0.25) is 0 Å². The Morgan fingerprint density at radius 2 is 2.67 bits per heavy atom. The minimum absolute atomic E-state index is 0.387. The van der Waals surface area contributed by atoms with Crippen molar-refractivity contribution < 1.29 is 4.74 Å². The van der Waals surface area contributed by atoms with Crippen molar-refractivity contribution in [3.8, 4) is 0 Å². The molecule has 1 aliphatic heterocycles. The highest BCUT2D eigenvalue weighted by molar-refractivity contribution is 8.00. The lowest BCUT2D eigenvalue weighted by atomic mass is 10.4. The average Bonchev–Trinajstić information content (AvgIpc) is 2.17. The van der Waals surface area contributed by atoms with Gasteiger partial charge in [-0.25, -0.2) is 0 Å². The molecule has 0 aromatic heterocycles. The van der Waals surface area contributed by atoms with Gasteiger partial charge < -0.3 is 4.74 Å². The molecule has 0 amide bonds. The monoisotopic (exact) mass is 144 g/mol. The average molecular weight is 144 g/mol. The smallest absolute Gasteiger partial charge is 0.107 e. The normalized spacial score (nSPS) is 34.8. The van der Waals surface area contributed by atoms with E-state index >= 15 is 0 Å². The second kappa shape index (κ2) is 3.28. The molecule has 0 N–H and O–H groups in total. The van der Waals surface area contributed by atoms with Gasteiger partial charge in [0.1, 0.15) is 5.44 Å². The van der Waals surface area contributed by atoms with Gasteiger partial charge in [0.25, 0.3) is 0 Å². The van der Waals surface area contributed by atoms with Crippen molar-refractivity contribution >= 4 is 11.8 Å². The minimum atomic E-state index is 0.387. The predicted molar refractivity (Wildman–Crippen MR) is 41.6 cm³/mol. The maximum atomic E-state index is 5.49. The van der Waals surface area contributed by atoms with Crippen LogP contribution < -0.4 is 0 Å². The summed E-state index contributed by atoms with van der Waals surface area (Å²) in [7, 11) is 0. The van der Waals surface area contributed by atoms with E-state index in [4.69, 9.17) is 4.74 Å². The topological polar surface area (TPSA) is 9.23 Å². The molecule has 1 aliphatic rings. The first-order chi connectivity index (χ1) is 4.33. The Bertz CT molecular complexity index is 103. The summed E-state index contributed by atoms with van der Waals surface area (Å²) in [5, 5.41) is 0. The minimum Gasteiger partial charge on any atom is -0.363 e. The standard InChI is InChI=1S/C7H12OS/c1-3-4-7-8-6(2)5-9-7/h3,6-7H,1,4-5H2,2H3. The molecule has 0 aromatic rings. The number of hydrogen-bond acceptors (Lipinski definition) is 2. The molecule has 0 bridgehead atoms. The predicted octanol–water partition coefficient (Wildman–Crippen LogP) is 2.04. The van der Waals surface area contributed by atoms with Crippen LogP contribution in [0.4, 0.5) is 0 Å². The van der Waals surface area contributed by atoms with Gasteiger partial charge >= 0.3 is 0 Å². The lowest BCUT2D eigenvalue weighted by Crippen LogP contribution is -2.05. The number of hydrogen-bond donors (Lipinski definition) is 0. The van der Waals surface area contributed by atoms with Crippen LogP contribution in [0.1, 0.15) is 13.3 Å². The first-order valence-electron chi connectivity index (χ1n) is 3.21. The van der Waals surface area contributed by atoms with Crippen molar-refractivity contribution in [2.75, 3.05) is 5.75 Å². The SMILES string of the molecule is C=CCC1OC(C)CS1. The third-order valence-corrected chi connectivity index (χ3v) is 2.60. The molecule has 1 heterocycles. The van der Waals surface area contributed by atoms with Crippen molar-refractivity contribution in [2.45, 2.75) is 24.9 Å². The Hall–Kier alpha value is 0.0500. The Kier molecular flexibility index (Phi) is 2.61. The molecule has 1 saturated heterocycles. The van der Waals surface area contributed by atoms with Gasteiger partial charge in [-0.05, 0) is 6.92 Å². The Morgan fingerprint density at radius 3 is 3.11 bits per heavy atom. The van der Waals surface area contributed by atoms with Crippen molar-refractivity contribution in [2.24, 2.45) is 0 Å². The zero-order chi connectivity index (χ0) is 6.69. The van der Waals surface area contributed by atoms with Crippen molar-refractivity contribution in [3.63, 3.8) is 0 Å². The quantitative estimate of drug-likeness (QED) is 0.548. The summed E-state index contributed by atoms with van der Waals surface area (Å²) in [5.41, 5.74) is 0.387. The van der Waals surface area contributed by atoms with E-state index < -0.39 is 0 Å².